The van der Waals surface area contributed by atoms with Crippen molar-refractivity contribution in [2.24, 2.45) is 0 Å². The van der Waals surface area contributed by atoms with Crippen molar-refractivity contribution in [3.63, 3.8) is 0 Å². The average Bonchev–Trinajstić information content (AvgIpc) is 2.25. The molecule has 1 aromatic rings. The Hall–Kier alpha value is -1.61. The normalized spacial score (nSPS) is 12.6. The zero-order chi connectivity index (χ0) is 11.8. The first kappa shape index (κ1) is 12.5. The van der Waals surface area contributed by atoms with E-state index >= 15 is 0 Å². The summed E-state index contributed by atoms with van der Waals surface area (Å²) >= 11 is 0. The zero-order valence-corrected chi connectivity index (χ0v) is 9.30. The van der Waals surface area contributed by atoms with Crippen LogP contribution in [0.5, 0.6) is 0 Å². The summed E-state index contributed by atoms with van der Waals surface area (Å²) in [5, 5.41) is 8.93. The Labute approximate surface area is 95.4 Å². The van der Waals surface area contributed by atoms with Gasteiger partial charge in [-0.1, -0.05) is 36.4 Å². The highest BCUT2D eigenvalue weighted by molar-refractivity contribution is 5.72. The topological polar surface area (TPSA) is 46.5 Å². The lowest BCUT2D eigenvalue weighted by Crippen LogP contribution is -2.08. The molecule has 0 radical (unpaired) electrons. The molecule has 0 aromatic heterocycles. The smallest absolute Gasteiger partial charge is 0.310 e. The Balaban J connectivity index is 2.27. The number of benzene rings is 1. The van der Waals surface area contributed by atoms with Crippen LogP contribution in [-0.2, 0) is 16.0 Å². The lowest BCUT2D eigenvalue weighted by Gasteiger charge is -2.02. The number of aliphatic hydroxyl groups excluding tert-OH is 1. The van der Waals surface area contributed by atoms with Crippen LogP contribution in [0.4, 0.5) is 0 Å². The molecule has 86 valence electrons. The van der Waals surface area contributed by atoms with Gasteiger partial charge in [0.25, 0.3) is 0 Å². The lowest BCUT2D eigenvalue weighted by atomic mass is 10.2. The zero-order valence-electron chi connectivity index (χ0n) is 9.30. The van der Waals surface area contributed by atoms with Crippen LogP contribution < -0.4 is 0 Å². The first-order valence-corrected chi connectivity index (χ1v) is 5.23. The summed E-state index contributed by atoms with van der Waals surface area (Å²) < 4.78 is 4.96. The third-order valence-corrected chi connectivity index (χ3v) is 1.95. The van der Waals surface area contributed by atoms with Crippen LogP contribution in [0.1, 0.15) is 12.5 Å². The van der Waals surface area contributed by atoms with Gasteiger partial charge in [0, 0.05) is 0 Å². The molecule has 0 bridgehead atoms. The third kappa shape index (κ3) is 5.32. The Morgan fingerprint density at radius 3 is 2.75 bits per heavy atom. The Morgan fingerprint density at radius 2 is 2.12 bits per heavy atom. The van der Waals surface area contributed by atoms with Gasteiger partial charge in [-0.3, -0.25) is 4.79 Å². The van der Waals surface area contributed by atoms with E-state index in [0.29, 0.717) is 0 Å². The van der Waals surface area contributed by atoms with Gasteiger partial charge in [-0.15, -0.1) is 0 Å². The molecule has 0 saturated carbocycles. The summed E-state index contributed by atoms with van der Waals surface area (Å²) in [6.45, 7) is 1.85. The van der Waals surface area contributed by atoms with Gasteiger partial charge in [-0.2, -0.15) is 0 Å². The van der Waals surface area contributed by atoms with Crippen molar-refractivity contribution < 1.29 is 14.6 Å². The molecule has 1 N–H and O–H groups in total. The quantitative estimate of drug-likeness (QED) is 0.607. The van der Waals surface area contributed by atoms with E-state index in [9.17, 15) is 4.79 Å². The summed E-state index contributed by atoms with van der Waals surface area (Å²) in [7, 11) is 0. The minimum atomic E-state index is -0.507. The Kier molecular flexibility index (Phi) is 5.29. The molecule has 0 saturated heterocycles. The molecular formula is C13H16O3. The summed E-state index contributed by atoms with van der Waals surface area (Å²) in [5.74, 6) is -0.263. The fourth-order valence-corrected chi connectivity index (χ4v) is 1.21. The summed E-state index contributed by atoms with van der Waals surface area (Å²) in [5.41, 5.74) is 0.937. The van der Waals surface area contributed by atoms with Gasteiger partial charge < -0.3 is 9.84 Å². The van der Waals surface area contributed by atoms with E-state index in [0.717, 1.165) is 5.56 Å². The van der Waals surface area contributed by atoms with E-state index in [4.69, 9.17) is 9.84 Å². The molecule has 0 fully saturated rings. The molecule has 0 spiro atoms. The maximum absolute atomic E-state index is 11.3. The molecule has 1 aromatic carbocycles. The number of ether oxygens (including phenoxy) is 1. The fraction of sp³-hybridized carbons (Fsp3) is 0.308. The fourth-order valence-electron chi connectivity index (χ4n) is 1.21. The Bertz CT molecular complexity index is 341. The molecule has 0 aliphatic carbocycles. The number of hydrogen-bond acceptors (Lipinski definition) is 3. The first-order chi connectivity index (χ1) is 7.68. The lowest BCUT2D eigenvalue weighted by molar-refractivity contribution is -0.141. The number of aliphatic hydroxyl groups is 1. The van der Waals surface area contributed by atoms with E-state index < -0.39 is 6.10 Å². The van der Waals surface area contributed by atoms with E-state index in [1.54, 1.807) is 19.1 Å². The van der Waals surface area contributed by atoms with Gasteiger partial charge in [-0.25, -0.2) is 0 Å². The highest BCUT2D eigenvalue weighted by Crippen LogP contribution is 2.00. The minimum absolute atomic E-state index is 0.205. The van der Waals surface area contributed by atoms with Crippen LogP contribution in [0.2, 0.25) is 0 Å². The van der Waals surface area contributed by atoms with Crippen LogP contribution >= 0.6 is 0 Å². The van der Waals surface area contributed by atoms with E-state index in [1.165, 1.54) is 0 Å². The van der Waals surface area contributed by atoms with Crippen LogP contribution in [-0.4, -0.2) is 23.8 Å². The average molecular weight is 220 g/mol. The predicted octanol–water partition coefficient (Wildman–Crippen LogP) is 1.71. The monoisotopic (exact) mass is 220 g/mol. The second kappa shape index (κ2) is 6.80. The summed E-state index contributed by atoms with van der Waals surface area (Å²) in [4.78, 5) is 11.3. The molecule has 1 rings (SSSR count). The van der Waals surface area contributed by atoms with Crippen molar-refractivity contribution in [3.05, 3.63) is 48.0 Å². The van der Waals surface area contributed by atoms with Crippen molar-refractivity contribution in [3.8, 4) is 0 Å². The van der Waals surface area contributed by atoms with E-state index in [1.807, 2.05) is 30.3 Å². The van der Waals surface area contributed by atoms with E-state index in [2.05, 4.69) is 0 Å². The largest absolute Gasteiger partial charge is 0.461 e. The van der Waals surface area contributed by atoms with Gasteiger partial charge in [0.1, 0.15) is 6.61 Å². The number of carbonyl (C=O) groups is 1. The molecule has 0 heterocycles. The van der Waals surface area contributed by atoms with Crippen molar-refractivity contribution >= 4 is 5.97 Å². The van der Waals surface area contributed by atoms with E-state index in [-0.39, 0.29) is 19.0 Å². The molecule has 3 nitrogen and oxygen atoms in total. The number of carbonyl (C=O) groups excluding carboxylic acids is 1. The van der Waals surface area contributed by atoms with Crippen molar-refractivity contribution in [1.82, 2.24) is 0 Å². The number of esters is 1. The van der Waals surface area contributed by atoms with Crippen LogP contribution in [0.15, 0.2) is 42.5 Å². The van der Waals surface area contributed by atoms with Gasteiger partial charge in [-0.05, 0) is 18.6 Å². The summed E-state index contributed by atoms with van der Waals surface area (Å²) in [6, 6.07) is 9.44. The maximum Gasteiger partial charge on any atom is 0.310 e. The standard InChI is InChI=1S/C13H16O3/c1-11(14)6-5-9-16-13(15)10-12-7-3-2-4-8-12/h2-8,11,14H,9-10H2,1H3/b6-5+. The summed E-state index contributed by atoms with van der Waals surface area (Å²) in [6.07, 6.45) is 2.99. The molecule has 1 atom stereocenters. The number of hydrogen-bond donors (Lipinski definition) is 1. The maximum atomic E-state index is 11.3. The minimum Gasteiger partial charge on any atom is -0.461 e. The third-order valence-electron chi connectivity index (χ3n) is 1.95. The Morgan fingerprint density at radius 1 is 1.44 bits per heavy atom. The highest BCUT2D eigenvalue weighted by atomic mass is 16.5. The van der Waals surface area contributed by atoms with Crippen LogP contribution in [0.25, 0.3) is 0 Å². The van der Waals surface area contributed by atoms with Gasteiger partial charge in [0.2, 0.25) is 0 Å². The number of rotatable bonds is 5. The second-order valence-electron chi connectivity index (χ2n) is 3.51. The molecular weight excluding hydrogens is 204 g/mol. The molecule has 0 aliphatic rings. The second-order valence-corrected chi connectivity index (χ2v) is 3.51. The SMILES string of the molecule is CC(O)/C=C/COC(=O)Cc1ccccc1. The van der Waals surface area contributed by atoms with Gasteiger partial charge in [0.15, 0.2) is 0 Å². The van der Waals surface area contributed by atoms with Crippen molar-refractivity contribution in [2.75, 3.05) is 6.61 Å². The molecule has 16 heavy (non-hydrogen) atoms. The predicted molar refractivity (Wildman–Crippen MR) is 61.9 cm³/mol. The van der Waals surface area contributed by atoms with Crippen LogP contribution in [0, 0.1) is 0 Å². The highest BCUT2D eigenvalue weighted by Gasteiger charge is 2.02. The van der Waals surface area contributed by atoms with Crippen molar-refractivity contribution in [2.45, 2.75) is 19.4 Å². The molecule has 3 heteroatoms. The molecule has 0 amide bonds. The first-order valence-electron chi connectivity index (χ1n) is 5.23. The van der Waals surface area contributed by atoms with Gasteiger partial charge in [0.05, 0.1) is 12.5 Å². The van der Waals surface area contributed by atoms with Crippen molar-refractivity contribution in [1.29, 1.82) is 0 Å². The van der Waals surface area contributed by atoms with Gasteiger partial charge >= 0.3 is 5.97 Å². The molecule has 1 unspecified atom stereocenters. The van der Waals surface area contributed by atoms with Crippen LogP contribution in [0.3, 0.4) is 0 Å². The molecule has 0 aliphatic heterocycles.